The number of carbonyl (C=O) groups is 1. The van der Waals surface area contributed by atoms with Crippen LogP contribution in [0.1, 0.15) is 49.4 Å². The van der Waals surface area contributed by atoms with Crippen molar-refractivity contribution in [1.29, 1.82) is 0 Å². The van der Waals surface area contributed by atoms with Crippen molar-refractivity contribution >= 4 is 11.6 Å². The van der Waals surface area contributed by atoms with Gasteiger partial charge in [0, 0.05) is 18.7 Å². The Balaban J connectivity index is 2.29. The number of rotatable bonds is 4. The lowest BCUT2D eigenvalue weighted by Gasteiger charge is -2.33. The van der Waals surface area contributed by atoms with E-state index in [2.05, 4.69) is 0 Å². The molecular formula is C15H20N2O4. The van der Waals surface area contributed by atoms with Gasteiger partial charge in [-0.25, -0.2) is 0 Å². The van der Waals surface area contributed by atoms with Crippen molar-refractivity contribution in [3.05, 3.63) is 33.9 Å². The second-order valence-electron chi connectivity index (χ2n) is 5.31. The molecule has 0 bridgehead atoms. The molecule has 1 aromatic carbocycles. The van der Waals surface area contributed by atoms with Gasteiger partial charge in [0.25, 0.3) is 5.91 Å². The van der Waals surface area contributed by atoms with E-state index in [9.17, 15) is 20.0 Å². The van der Waals surface area contributed by atoms with Crippen molar-refractivity contribution < 1.29 is 14.8 Å². The van der Waals surface area contributed by atoms with Crippen LogP contribution in [0.15, 0.2) is 18.2 Å². The van der Waals surface area contributed by atoms with E-state index in [0.717, 1.165) is 25.7 Å². The third-order valence-electron chi connectivity index (χ3n) is 4.06. The Morgan fingerprint density at radius 2 is 2.05 bits per heavy atom. The summed E-state index contributed by atoms with van der Waals surface area (Å²) in [4.78, 5) is 24.5. The molecule has 1 saturated carbocycles. The first-order chi connectivity index (χ1) is 10.1. The molecule has 1 aliphatic carbocycles. The van der Waals surface area contributed by atoms with Crippen molar-refractivity contribution in [2.24, 2.45) is 0 Å². The number of aromatic hydroxyl groups is 1. The second-order valence-corrected chi connectivity index (χ2v) is 5.31. The Hall–Kier alpha value is -2.11. The number of amides is 1. The highest BCUT2D eigenvalue weighted by molar-refractivity contribution is 5.98. The van der Waals surface area contributed by atoms with E-state index in [4.69, 9.17) is 0 Å². The smallest absolute Gasteiger partial charge is 0.311 e. The van der Waals surface area contributed by atoms with E-state index in [0.29, 0.717) is 6.54 Å². The van der Waals surface area contributed by atoms with Crippen molar-refractivity contribution in [2.45, 2.75) is 45.1 Å². The molecule has 1 fully saturated rings. The number of phenolic OH excluding ortho intramolecular Hbond substituents is 1. The zero-order chi connectivity index (χ0) is 15.4. The number of hydrogen-bond donors (Lipinski definition) is 1. The average molecular weight is 292 g/mol. The Morgan fingerprint density at radius 3 is 2.62 bits per heavy atom. The van der Waals surface area contributed by atoms with Gasteiger partial charge in [-0.15, -0.1) is 0 Å². The summed E-state index contributed by atoms with van der Waals surface area (Å²) in [6.45, 7) is 2.42. The van der Waals surface area contributed by atoms with Crippen molar-refractivity contribution in [2.75, 3.05) is 6.54 Å². The Kier molecular flexibility index (Phi) is 4.77. The topological polar surface area (TPSA) is 83.7 Å². The molecule has 0 aliphatic heterocycles. The number of nitro groups is 1. The van der Waals surface area contributed by atoms with Crippen LogP contribution in [0.5, 0.6) is 5.75 Å². The predicted octanol–water partition coefficient (Wildman–Crippen LogP) is 3.10. The van der Waals surface area contributed by atoms with Gasteiger partial charge in [-0.3, -0.25) is 14.9 Å². The van der Waals surface area contributed by atoms with Crippen LogP contribution in [-0.2, 0) is 0 Å². The highest BCUT2D eigenvalue weighted by atomic mass is 16.6. The lowest BCUT2D eigenvalue weighted by Crippen LogP contribution is -2.41. The van der Waals surface area contributed by atoms with Gasteiger partial charge in [0.2, 0.25) is 5.75 Å². The van der Waals surface area contributed by atoms with Gasteiger partial charge in [-0.1, -0.05) is 25.3 Å². The summed E-state index contributed by atoms with van der Waals surface area (Å²) in [5, 5.41) is 20.8. The molecule has 0 unspecified atom stereocenters. The van der Waals surface area contributed by atoms with Crippen LogP contribution >= 0.6 is 0 Å². The molecule has 21 heavy (non-hydrogen) atoms. The van der Waals surface area contributed by atoms with E-state index >= 15 is 0 Å². The van der Waals surface area contributed by atoms with Crippen LogP contribution < -0.4 is 0 Å². The Morgan fingerprint density at radius 1 is 1.38 bits per heavy atom. The fourth-order valence-corrected chi connectivity index (χ4v) is 2.97. The number of nitrogens with zero attached hydrogens (tertiary/aromatic N) is 2. The van der Waals surface area contributed by atoms with Gasteiger partial charge in [0.15, 0.2) is 0 Å². The highest BCUT2D eigenvalue weighted by Gasteiger charge is 2.29. The summed E-state index contributed by atoms with van der Waals surface area (Å²) in [5.74, 6) is -0.868. The normalized spacial score (nSPS) is 15.7. The van der Waals surface area contributed by atoms with Crippen LogP contribution in [0.25, 0.3) is 0 Å². The predicted molar refractivity (Wildman–Crippen MR) is 78.3 cm³/mol. The molecule has 1 aliphatic rings. The molecule has 1 amide bonds. The van der Waals surface area contributed by atoms with Gasteiger partial charge in [0.05, 0.1) is 10.5 Å². The molecule has 1 N–H and O–H groups in total. The van der Waals surface area contributed by atoms with Crippen molar-refractivity contribution in [3.8, 4) is 5.75 Å². The first kappa shape index (κ1) is 15.3. The quantitative estimate of drug-likeness (QED) is 0.682. The van der Waals surface area contributed by atoms with Gasteiger partial charge < -0.3 is 10.0 Å². The summed E-state index contributed by atoms with van der Waals surface area (Å²) < 4.78 is 0. The minimum absolute atomic E-state index is 0.0108. The van der Waals surface area contributed by atoms with Crippen LogP contribution in [0.2, 0.25) is 0 Å². The molecule has 2 rings (SSSR count). The minimum atomic E-state index is -0.678. The van der Waals surface area contributed by atoms with E-state index in [-0.39, 0.29) is 17.5 Å². The largest absolute Gasteiger partial charge is 0.502 e. The Labute approximate surface area is 123 Å². The molecule has 1 aromatic rings. The summed E-state index contributed by atoms with van der Waals surface area (Å²) >= 11 is 0. The maximum absolute atomic E-state index is 12.6. The zero-order valence-electron chi connectivity index (χ0n) is 12.1. The molecule has 0 saturated heterocycles. The standard InChI is InChI=1S/C15H20N2O4/c1-2-16(11-7-4-3-5-8-11)15(19)12-9-6-10-13(14(12)18)17(20)21/h6,9-11,18H,2-5,7-8H2,1H3. The molecule has 0 heterocycles. The number of nitro benzene ring substituents is 1. The van der Waals surface area contributed by atoms with Crippen LogP contribution in [-0.4, -0.2) is 33.4 Å². The fourth-order valence-electron chi connectivity index (χ4n) is 2.97. The summed E-state index contributed by atoms with van der Waals surface area (Å²) in [6, 6.07) is 4.23. The van der Waals surface area contributed by atoms with Crippen LogP contribution in [0.3, 0.4) is 0 Å². The van der Waals surface area contributed by atoms with Gasteiger partial charge in [-0.05, 0) is 25.8 Å². The van der Waals surface area contributed by atoms with E-state index < -0.39 is 16.4 Å². The first-order valence-electron chi connectivity index (χ1n) is 7.33. The van der Waals surface area contributed by atoms with Gasteiger partial charge in [0.1, 0.15) is 0 Å². The van der Waals surface area contributed by atoms with E-state index in [1.807, 2.05) is 6.92 Å². The lowest BCUT2D eigenvalue weighted by atomic mass is 9.93. The van der Waals surface area contributed by atoms with Crippen molar-refractivity contribution in [1.82, 2.24) is 4.90 Å². The molecular weight excluding hydrogens is 272 g/mol. The monoisotopic (exact) mass is 292 g/mol. The van der Waals surface area contributed by atoms with E-state index in [1.165, 1.54) is 24.6 Å². The molecule has 114 valence electrons. The third kappa shape index (κ3) is 3.15. The molecule has 0 spiro atoms. The SMILES string of the molecule is CCN(C(=O)c1cccc([N+](=O)[O-])c1O)C1CCCCC1. The highest BCUT2D eigenvalue weighted by Crippen LogP contribution is 2.32. The van der Waals surface area contributed by atoms with Crippen LogP contribution in [0, 0.1) is 10.1 Å². The lowest BCUT2D eigenvalue weighted by molar-refractivity contribution is -0.385. The number of phenols is 1. The summed E-state index contributed by atoms with van der Waals surface area (Å²) in [7, 11) is 0. The second kappa shape index (κ2) is 6.56. The third-order valence-corrected chi connectivity index (χ3v) is 4.06. The molecule has 6 nitrogen and oxygen atoms in total. The first-order valence-corrected chi connectivity index (χ1v) is 7.33. The van der Waals surface area contributed by atoms with Gasteiger partial charge in [-0.2, -0.15) is 0 Å². The zero-order valence-corrected chi connectivity index (χ0v) is 12.1. The maximum atomic E-state index is 12.6. The summed E-state index contributed by atoms with van der Waals surface area (Å²) in [6.07, 6.45) is 5.28. The number of hydrogen-bond acceptors (Lipinski definition) is 4. The average Bonchev–Trinajstić information content (AvgIpc) is 2.49. The molecule has 6 heteroatoms. The Bertz CT molecular complexity index is 538. The summed E-state index contributed by atoms with van der Waals surface area (Å²) in [5.41, 5.74) is -0.419. The van der Waals surface area contributed by atoms with Crippen LogP contribution in [0.4, 0.5) is 5.69 Å². The molecule has 0 radical (unpaired) electrons. The maximum Gasteiger partial charge on any atom is 0.311 e. The number of para-hydroxylation sites is 1. The van der Waals surface area contributed by atoms with Crippen molar-refractivity contribution in [3.63, 3.8) is 0 Å². The van der Waals surface area contributed by atoms with E-state index in [1.54, 1.807) is 4.90 Å². The number of carbonyl (C=O) groups excluding carboxylic acids is 1. The molecule has 0 aromatic heterocycles. The minimum Gasteiger partial charge on any atom is -0.502 e. The number of benzene rings is 1. The molecule has 0 atom stereocenters. The van der Waals surface area contributed by atoms with Gasteiger partial charge >= 0.3 is 5.69 Å². The fraction of sp³-hybridized carbons (Fsp3) is 0.533.